The second kappa shape index (κ2) is 13.1. The van der Waals surface area contributed by atoms with Crippen LogP contribution in [0.4, 0.5) is 0 Å². The van der Waals surface area contributed by atoms with E-state index < -0.39 is 5.97 Å². The molecule has 0 aliphatic rings. The van der Waals surface area contributed by atoms with Crippen molar-refractivity contribution in [1.82, 2.24) is 5.43 Å². The molecular formula is C24H30N2O4. The summed E-state index contributed by atoms with van der Waals surface area (Å²) >= 11 is 0. The Kier molecular flexibility index (Phi) is 10.1. The van der Waals surface area contributed by atoms with E-state index in [1.807, 2.05) is 6.07 Å². The molecule has 0 saturated heterocycles. The smallest absolute Gasteiger partial charge is 0.343 e. The molecule has 0 aliphatic carbocycles. The number of hydrogen-bond donors (Lipinski definition) is 1. The first-order valence-corrected chi connectivity index (χ1v) is 10.4. The monoisotopic (exact) mass is 410 g/mol. The number of nitrogens with zero attached hydrogens (tertiary/aromatic N) is 1. The highest BCUT2D eigenvalue weighted by atomic mass is 16.5. The minimum absolute atomic E-state index is 0.0937. The van der Waals surface area contributed by atoms with Gasteiger partial charge in [0.1, 0.15) is 11.5 Å². The molecule has 1 amide bonds. The number of rotatable bonds is 12. The van der Waals surface area contributed by atoms with Crippen molar-refractivity contribution in [3.63, 3.8) is 0 Å². The van der Waals surface area contributed by atoms with Gasteiger partial charge in [0.05, 0.1) is 18.9 Å². The van der Waals surface area contributed by atoms with Gasteiger partial charge in [-0.05, 0) is 48.4 Å². The topological polar surface area (TPSA) is 77.0 Å². The summed E-state index contributed by atoms with van der Waals surface area (Å²) in [6.45, 7) is 2.19. The fraction of sp³-hybridized carbons (Fsp3) is 0.375. The van der Waals surface area contributed by atoms with Crippen LogP contribution in [0.1, 0.15) is 67.8 Å². The molecule has 0 fully saturated rings. The van der Waals surface area contributed by atoms with Crippen molar-refractivity contribution in [2.24, 2.45) is 5.10 Å². The molecule has 0 atom stereocenters. The molecule has 30 heavy (non-hydrogen) atoms. The molecule has 160 valence electrons. The number of unbranched alkanes of at least 4 members (excludes halogenated alkanes) is 5. The van der Waals surface area contributed by atoms with Gasteiger partial charge < -0.3 is 9.47 Å². The largest absolute Gasteiger partial charge is 0.497 e. The Labute approximate surface area is 178 Å². The van der Waals surface area contributed by atoms with Crippen LogP contribution >= 0.6 is 0 Å². The molecule has 2 rings (SSSR count). The number of amides is 1. The first-order chi connectivity index (χ1) is 14.6. The van der Waals surface area contributed by atoms with Gasteiger partial charge in [-0.2, -0.15) is 5.10 Å². The van der Waals surface area contributed by atoms with Gasteiger partial charge in [-0.25, -0.2) is 10.2 Å². The van der Waals surface area contributed by atoms with Crippen LogP contribution in [0, 0.1) is 0 Å². The minimum atomic E-state index is -0.459. The Hall–Kier alpha value is -3.15. The van der Waals surface area contributed by atoms with E-state index in [2.05, 4.69) is 17.5 Å². The van der Waals surface area contributed by atoms with Gasteiger partial charge in [-0.15, -0.1) is 0 Å². The van der Waals surface area contributed by atoms with Crippen LogP contribution < -0.4 is 14.9 Å². The van der Waals surface area contributed by atoms with Crippen molar-refractivity contribution < 1.29 is 19.1 Å². The summed E-state index contributed by atoms with van der Waals surface area (Å²) in [7, 11) is 1.57. The zero-order valence-electron chi connectivity index (χ0n) is 17.7. The molecule has 2 aromatic carbocycles. The summed E-state index contributed by atoms with van der Waals surface area (Å²) in [6, 6.07) is 13.6. The van der Waals surface area contributed by atoms with Crippen LogP contribution in [0.2, 0.25) is 0 Å². The lowest BCUT2D eigenvalue weighted by molar-refractivity contribution is -0.121. The van der Waals surface area contributed by atoms with Crippen molar-refractivity contribution >= 4 is 18.1 Å². The van der Waals surface area contributed by atoms with Crippen LogP contribution in [0.3, 0.4) is 0 Å². The summed E-state index contributed by atoms with van der Waals surface area (Å²) in [5, 5.41) is 3.99. The number of nitrogens with one attached hydrogen (secondary N) is 1. The highest BCUT2D eigenvalue weighted by Crippen LogP contribution is 2.16. The number of carbonyl (C=O) groups excluding carboxylic acids is 2. The third-order valence-electron chi connectivity index (χ3n) is 4.55. The summed E-state index contributed by atoms with van der Waals surface area (Å²) in [5.74, 6) is 0.518. The van der Waals surface area contributed by atoms with Crippen molar-refractivity contribution in [3.05, 3.63) is 59.7 Å². The number of benzene rings is 2. The zero-order valence-corrected chi connectivity index (χ0v) is 17.7. The van der Waals surface area contributed by atoms with Gasteiger partial charge in [-0.1, -0.05) is 51.2 Å². The highest BCUT2D eigenvalue weighted by Gasteiger charge is 2.09. The van der Waals surface area contributed by atoms with Gasteiger partial charge in [-0.3, -0.25) is 4.79 Å². The Bertz CT molecular complexity index is 831. The van der Waals surface area contributed by atoms with E-state index in [1.54, 1.807) is 49.6 Å². The summed E-state index contributed by atoms with van der Waals surface area (Å²) in [4.78, 5) is 24.1. The Morgan fingerprint density at radius 3 is 2.43 bits per heavy atom. The molecule has 0 aromatic heterocycles. The SMILES string of the molecule is CCCCCCCCC(=O)N/N=C/c1cccc(OC(=O)c2ccc(OC)cc2)c1. The second-order valence-corrected chi connectivity index (χ2v) is 7.00. The quantitative estimate of drug-likeness (QED) is 0.173. The van der Waals surface area contributed by atoms with E-state index in [0.717, 1.165) is 18.4 Å². The summed E-state index contributed by atoms with van der Waals surface area (Å²) in [5.41, 5.74) is 3.69. The predicted octanol–water partition coefficient (Wildman–Crippen LogP) is 5.12. The average Bonchev–Trinajstić information content (AvgIpc) is 2.76. The van der Waals surface area contributed by atoms with Crippen LogP contribution in [-0.2, 0) is 4.79 Å². The molecule has 0 bridgehead atoms. The molecule has 0 radical (unpaired) electrons. The predicted molar refractivity (Wildman–Crippen MR) is 118 cm³/mol. The third-order valence-corrected chi connectivity index (χ3v) is 4.55. The zero-order chi connectivity index (χ0) is 21.6. The van der Waals surface area contributed by atoms with E-state index in [0.29, 0.717) is 23.5 Å². The van der Waals surface area contributed by atoms with Crippen molar-refractivity contribution in [1.29, 1.82) is 0 Å². The fourth-order valence-electron chi connectivity index (χ4n) is 2.85. The van der Waals surface area contributed by atoms with Crippen molar-refractivity contribution in [2.75, 3.05) is 7.11 Å². The molecule has 0 heterocycles. The standard InChI is InChI=1S/C24H30N2O4/c1-3-4-5-6-7-8-12-23(27)26-25-18-19-10-9-11-22(17-19)30-24(28)20-13-15-21(29-2)16-14-20/h9-11,13-18H,3-8,12H2,1-2H3,(H,26,27)/b25-18+. The number of carbonyl (C=O) groups is 2. The van der Waals surface area contributed by atoms with E-state index in [9.17, 15) is 9.59 Å². The van der Waals surface area contributed by atoms with E-state index in [4.69, 9.17) is 9.47 Å². The number of hydrogen-bond acceptors (Lipinski definition) is 5. The molecule has 0 aliphatic heterocycles. The number of ether oxygens (including phenoxy) is 2. The highest BCUT2D eigenvalue weighted by molar-refractivity contribution is 5.91. The van der Waals surface area contributed by atoms with Gasteiger partial charge in [0, 0.05) is 6.42 Å². The minimum Gasteiger partial charge on any atom is -0.497 e. The Morgan fingerprint density at radius 1 is 0.967 bits per heavy atom. The Morgan fingerprint density at radius 2 is 1.70 bits per heavy atom. The maximum absolute atomic E-state index is 12.3. The first-order valence-electron chi connectivity index (χ1n) is 10.4. The molecule has 2 aromatic rings. The lowest BCUT2D eigenvalue weighted by Gasteiger charge is -2.06. The van der Waals surface area contributed by atoms with Gasteiger partial charge in [0.25, 0.3) is 0 Å². The fourth-order valence-corrected chi connectivity index (χ4v) is 2.85. The maximum atomic E-state index is 12.3. The van der Waals surface area contributed by atoms with Crippen LogP contribution in [-0.4, -0.2) is 25.2 Å². The number of methoxy groups -OCH3 is 1. The van der Waals surface area contributed by atoms with E-state index in [1.165, 1.54) is 31.9 Å². The van der Waals surface area contributed by atoms with E-state index in [-0.39, 0.29) is 5.91 Å². The molecule has 1 N–H and O–H groups in total. The summed E-state index contributed by atoms with van der Waals surface area (Å²) < 4.78 is 10.5. The molecule has 0 saturated carbocycles. The number of hydrazone groups is 1. The normalized spacial score (nSPS) is 10.7. The first kappa shape index (κ1) is 23.1. The van der Waals surface area contributed by atoms with Gasteiger partial charge in [0.2, 0.25) is 5.91 Å². The van der Waals surface area contributed by atoms with Crippen molar-refractivity contribution in [2.45, 2.75) is 51.9 Å². The van der Waals surface area contributed by atoms with E-state index >= 15 is 0 Å². The Balaban J connectivity index is 1.78. The second-order valence-electron chi connectivity index (χ2n) is 7.00. The van der Waals surface area contributed by atoms with Crippen LogP contribution in [0.5, 0.6) is 11.5 Å². The maximum Gasteiger partial charge on any atom is 0.343 e. The molecular weight excluding hydrogens is 380 g/mol. The third kappa shape index (κ3) is 8.47. The van der Waals surface area contributed by atoms with Crippen molar-refractivity contribution in [3.8, 4) is 11.5 Å². The average molecular weight is 411 g/mol. The lowest BCUT2D eigenvalue weighted by Crippen LogP contribution is -2.16. The van der Waals surface area contributed by atoms with Gasteiger partial charge >= 0.3 is 5.97 Å². The van der Waals surface area contributed by atoms with Crippen LogP contribution in [0.15, 0.2) is 53.6 Å². The number of esters is 1. The molecule has 0 unspecified atom stereocenters. The van der Waals surface area contributed by atoms with Crippen LogP contribution in [0.25, 0.3) is 0 Å². The molecule has 6 nitrogen and oxygen atoms in total. The lowest BCUT2D eigenvalue weighted by atomic mass is 10.1. The molecule has 6 heteroatoms. The van der Waals surface area contributed by atoms with Gasteiger partial charge in [0.15, 0.2) is 0 Å². The molecule has 0 spiro atoms. The summed E-state index contributed by atoms with van der Waals surface area (Å²) in [6.07, 6.45) is 8.83.